The van der Waals surface area contributed by atoms with Crippen LogP contribution in [0.15, 0.2) is 23.1 Å². The summed E-state index contributed by atoms with van der Waals surface area (Å²) >= 11 is 1.96. The average molecular weight is 374 g/mol. The Morgan fingerprint density at radius 2 is 2.12 bits per heavy atom. The third kappa shape index (κ3) is 3.57. The highest BCUT2D eigenvalue weighted by molar-refractivity contribution is 14.1. The van der Waals surface area contributed by atoms with Gasteiger partial charge in [0.1, 0.15) is 10.7 Å². The Bertz CT molecular complexity index is 534. The van der Waals surface area contributed by atoms with Crippen molar-refractivity contribution >= 4 is 38.3 Å². The van der Waals surface area contributed by atoms with Gasteiger partial charge < -0.3 is 0 Å². The van der Waals surface area contributed by atoms with Gasteiger partial charge in [-0.1, -0.05) is 22.6 Å². The van der Waals surface area contributed by atoms with Crippen LogP contribution in [0.5, 0.6) is 0 Å². The SMILES string of the molecule is O=[N+]([O-])c1ccc(S(=O)(=O)NCCI)c(F)c1. The molecule has 1 rings (SSSR count). The summed E-state index contributed by atoms with van der Waals surface area (Å²) in [5, 5.41) is 10.4. The topological polar surface area (TPSA) is 89.3 Å². The molecule has 0 unspecified atom stereocenters. The lowest BCUT2D eigenvalue weighted by Gasteiger charge is -2.05. The zero-order chi connectivity index (χ0) is 13.1. The Kier molecular flexibility index (Phi) is 4.77. The van der Waals surface area contributed by atoms with Crippen LogP contribution in [0.3, 0.4) is 0 Å². The first kappa shape index (κ1) is 14.3. The molecule has 6 nitrogen and oxygen atoms in total. The number of sulfonamides is 1. The van der Waals surface area contributed by atoms with Gasteiger partial charge in [-0.25, -0.2) is 17.5 Å². The summed E-state index contributed by atoms with van der Waals surface area (Å²) in [4.78, 5) is 8.98. The highest BCUT2D eigenvalue weighted by Gasteiger charge is 2.20. The van der Waals surface area contributed by atoms with Crippen molar-refractivity contribution in [3.8, 4) is 0 Å². The molecule has 94 valence electrons. The molecule has 0 atom stereocenters. The third-order valence-corrected chi connectivity index (χ3v) is 3.84. The van der Waals surface area contributed by atoms with Crippen molar-refractivity contribution in [1.82, 2.24) is 4.72 Å². The van der Waals surface area contributed by atoms with Gasteiger partial charge in [0.05, 0.1) is 11.0 Å². The van der Waals surface area contributed by atoms with Gasteiger partial charge in [-0.2, -0.15) is 0 Å². The van der Waals surface area contributed by atoms with Crippen molar-refractivity contribution in [2.75, 3.05) is 11.0 Å². The first-order valence-electron chi connectivity index (χ1n) is 4.38. The van der Waals surface area contributed by atoms with E-state index in [0.717, 1.165) is 12.1 Å². The molecule has 0 spiro atoms. The second-order valence-electron chi connectivity index (χ2n) is 2.96. The van der Waals surface area contributed by atoms with E-state index in [1.807, 2.05) is 22.6 Å². The number of hydrogen-bond donors (Lipinski definition) is 1. The number of alkyl halides is 1. The maximum Gasteiger partial charge on any atom is 0.272 e. The number of non-ortho nitro benzene ring substituents is 1. The molecule has 0 saturated heterocycles. The number of rotatable bonds is 5. The number of nitrogens with one attached hydrogen (secondary N) is 1. The van der Waals surface area contributed by atoms with Crippen LogP contribution in [0.25, 0.3) is 0 Å². The van der Waals surface area contributed by atoms with E-state index in [4.69, 9.17) is 0 Å². The van der Waals surface area contributed by atoms with Gasteiger partial charge in [0.2, 0.25) is 10.0 Å². The highest BCUT2D eigenvalue weighted by atomic mass is 127. The average Bonchev–Trinajstić information content (AvgIpc) is 2.25. The number of nitro groups is 1. The van der Waals surface area contributed by atoms with E-state index >= 15 is 0 Å². The van der Waals surface area contributed by atoms with Crippen LogP contribution < -0.4 is 4.72 Å². The molecule has 17 heavy (non-hydrogen) atoms. The lowest BCUT2D eigenvalue weighted by atomic mass is 10.3. The molecule has 0 fully saturated rings. The first-order valence-corrected chi connectivity index (χ1v) is 7.39. The second kappa shape index (κ2) is 5.69. The Labute approximate surface area is 111 Å². The summed E-state index contributed by atoms with van der Waals surface area (Å²) in [6.45, 7) is 0.166. The molecule has 1 N–H and O–H groups in total. The second-order valence-corrected chi connectivity index (χ2v) is 5.77. The van der Waals surface area contributed by atoms with Gasteiger partial charge in [-0.15, -0.1) is 0 Å². The fourth-order valence-electron chi connectivity index (χ4n) is 1.07. The standard InChI is InChI=1S/C8H8FIN2O4S/c9-7-5-6(12(13)14)1-2-8(7)17(15,16)11-4-3-10/h1-2,5,11H,3-4H2. The maximum absolute atomic E-state index is 13.4. The van der Waals surface area contributed by atoms with Gasteiger partial charge in [0, 0.05) is 17.0 Å². The molecule has 0 aromatic heterocycles. The molecule has 0 heterocycles. The van der Waals surface area contributed by atoms with Crippen molar-refractivity contribution in [1.29, 1.82) is 0 Å². The Morgan fingerprint density at radius 3 is 2.59 bits per heavy atom. The molecular formula is C8H8FIN2O4S. The monoisotopic (exact) mass is 374 g/mol. The Hall–Kier alpha value is -0.810. The van der Waals surface area contributed by atoms with E-state index in [2.05, 4.69) is 4.72 Å². The van der Waals surface area contributed by atoms with Crippen molar-refractivity contribution in [3.05, 3.63) is 34.1 Å². The molecule has 1 aromatic carbocycles. The zero-order valence-electron chi connectivity index (χ0n) is 8.39. The molecule has 0 aliphatic rings. The van der Waals surface area contributed by atoms with Gasteiger partial charge in [0.15, 0.2) is 0 Å². The smallest absolute Gasteiger partial charge is 0.258 e. The van der Waals surface area contributed by atoms with Gasteiger partial charge in [-0.05, 0) is 6.07 Å². The lowest BCUT2D eigenvalue weighted by molar-refractivity contribution is -0.385. The van der Waals surface area contributed by atoms with Crippen LogP contribution in [0.4, 0.5) is 10.1 Å². The summed E-state index contributed by atoms with van der Waals surface area (Å²) in [7, 11) is -3.95. The molecule has 9 heteroatoms. The molecule has 1 aromatic rings. The van der Waals surface area contributed by atoms with E-state index in [9.17, 15) is 22.9 Å². The third-order valence-electron chi connectivity index (χ3n) is 1.80. The molecule has 0 saturated carbocycles. The van der Waals surface area contributed by atoms with Crippen LogP contribution in [-0.2, 0) is 10.0 Å². The molecule has 0 aliphatic heterocycles. The number of hydrogen-bond acceptors (Lipinski definition) is 4. The summed E-state index contributed by atoms with van der Waals surface area (Å²) in [5.74, 6) is -1.14. The summed E-state index contributed by atoms with van der Waals surface area (Å²) < 4.78 is 39.2. The van der Waals surface area contributed by atoms with Gasteiger partial charge in [0.25, 0.3) is 5.69 Å². The maximum atomic E-state index is 13.4. The van der Waals surface area contributed by atoms with Crippen LogP contribution in [0.2, 0.25) is 0 Å². The van der Waals surface area contributed by atoms with Gasteiger partial charge >= 0.3 is 0 Å². The minimum absolute atomic E-state index is 0.166. The summed E-state index contributed by atoms with van der Waals surface area (Å²) in [6, 6.07) is 2.41. The summed E-state index contributed by atoms with van der Waals surface area (Å²) in [6.07, 6.45) is 0. The van der Waals surface area contributed by atoms with Gasteiger partial charge in [-0.3, -0.25) is 10.1 Å². The highest BCUT2D eigenvalue weighted by Crippen LogP contribution is 2.20. The van der Waals surface area contributed by atoms with E-state index in [1.165, 1.54) is 0 Å². The largest absolute Gasteiger partial charge is 0.272 e. The molecule has 0 aliphatic carbocycles. The van der Waals surface area contributed by atoms with E-state index in [-0.39, 0.29) is 6.54 Å². The quantitative estimate of drug-likeness (QED) is 0.366. The van der Waals surface area contributed by atoms with Crippen molar-refractivity contribution in [3.63, 3.8) is 0 Å². The zero-order valence-corrected chi connectivity index (χ0v) is 11.4. The van der Waals surface area contributed by atoms with E-state index < -0.39 is 31.3 Å². The van der Waals surface area contributed by atoms with E-state index in [0.29, 0.717) is 10.5 Å². The predicted molar refractivity (Wildman–Crippen MR) is 67.1 cm³/mol. The van der Waals surface area contributed by atoms with E-state index in [1.54, 1.807) is 0 Å². The molecule has 0 amide bonds. The van der Waals surface area contributed by atoms with Crippen LogP contribution >= 0.6 is 22.6 Å². The Balaban J connectivity index is 3.12. The molecular weight excluding hydrogens is 366 g/mol. The molecule has 0 radical (unpaired) electrons. The number of nitrogens with zero attached hydrogens (tertiary/aromatic N) is 1. The van der Waals surface area contributed by atoms with Crippen molar-refractivity contribution in [2.24, 2.45) is 0 Å². The number of benzene rings is 1. The fourth-order valence-corrected chi connectivity index (χ4v) is 2.80. The van der Waals surface area contributed by atoms with Crippen LogP contribution in [0.1, 0.15) is 0 Å². The van der Waals surface area contributed by atoms with Crippen LogP contribution in [-0.4, -0.2) is 24.3 Å². The predicted octanol–water partition coefficient (Wildman–Crippen LogP) is 1.45. The first-order chi connectivity index (χ1) is 7.88. The minimum Gasteiger partial charge on any atom is -0.258 e. The lowest BCUT2D eigenvalue weighted by Crippen LogP contribution is -2.26. The normalized spacial score (nSPS) is 11.4. The summed E-state index contributed by atoms with van der Waals surface area (Å²) in [5.41, 5.74) is -0.490. The number of nitro benzene ring substituents is 1. The van der Waals surface area contributed by atoms with Crippen LogP contribution in [0, 0.1) is 15.9 Å². The Morgan fingerprint density at radius 1 is 1.47 bits per heavy atom. The molecule has 0 bridgehead atoms. The van der Waals surface area contributed by atoms with Crippen molar-refractivity contribution in [2.45, 2.75) is 4.90 Å². The fraction of sp³-hybridized carbons (Fsp3) is 0.250. The minimum atomic E-state index is -3.95. The number of halogens is 2. The van der Waals surface area contributed by atoms with Crippen molar-refractivity contribution < 1.29 is 17.7 Å².